The van der Waals surface area contributed by atoms with Crippen molar-refractivity contribution in [1.82, 2.24) is 0 Å². The van der Waals surface area contributed by atoms with E-state index >= 15 is 0 Å². The molecular weight excluding hydrogens is 271 g/mol. The van der Waals surface area contributed by atoms with E-state index in [1.54, 1.807) is 0 Å². The minimum absolute atomic E-state index is 0.296. The van der Waals surface area contributed by atoms with Crippen molar-refractivity contribution >= 4 is 12.6 Å². The van der Waals surface area contributed by atoms with Crippen molar-refractivity contribution in [2.45, 2.75) is 45.8 Å². The number of rotatable bonds is 2. The summed E-state index contributed by atoms with van der Waals surface area (Å²) in [5.41, 5.74) is 4.15. The second-order valence-electron chi connectivity index (χ2n) is 7.03. The molecule has 0 bridgehead atoms. The number of hydrogen-bond acceptors (Lipinski definition) is 2. The highest BCUT2D eigenvalue weighted by atomic mass is 16.7. The van der Waals surface area contributed by atoms with Crippen molar-refractivity contribution in [1.29, 1.82) is 0 Å². The van der Waals surface area contributed by atoms with Gasteiger partial charge in [-0.05, 0) is 51.2 Å². The number of benzene rings is 2. The molecule has 0 unspecified atom stereocenters. The monoisotopic (exact) mass is 294 g/mol. The fourth-order valence-electron chi connectivity index (χ4n) is 2.72. The van der Waals surface area contributed by atoms with Crippen LogP contribution in [0.1, 0.15) is 33.3 Å². The van der Waals surface area contributed by atoms with Gasteiger partial charge in [-0.25, -0.2) is 0 Å². The van der Waals surface area contributed by atoms with Gasteiger partial charge in [0.05, 0.1) is 11.2 Å². The van der Waals surface area contributed by atoms with Crippen LogP contribution in [0, 0.1) is 6.92 Å². The number of hydrogen-bond donors (Lipinski definition) is 0. The fraction of sp³-hybridized carbons (Fsp3) is 0.368. The highest BCUT2D eigenvalue weighted by Crippen LogP contribution is 2.36. The van der Waals surface area contributed by atoms with Gasteiger partial charge in [0.25, 0.3) is 0 Å². The molecule has 2 nitrogen and oxygen atoms in total. The zero-order valence-corrected chi connectivity index (χ0v) is 14.0. The minimum Gasteiger partial charge on any atom is -0.399 e. The lowest BCUT2D eigenvalue weighted by Gasteiger charge is -2.32. The maximum absolute atomic E-state index is 6.15. The quantitative estimate of drug-likeness (QED) is 0.780. The van der Waals surface area contributed by atoms with Gasteiger partial charge < -0.3 is 9.31 Å². The van der Waals surface area contributed by atoms with Gasteiger partial charge in [0.2, 0.25) is 0 Å². The van der Waals surface area contributed by atoms with Crippen molar-refractivity contribution < 1.29 is 9.31 Å². The topological polar surface area (TPSA) is 18.5 Å². The highest BCUT2D eigenvalue weighted by Gasteiger charge is 2.51. The molecule has 1 heterocycles. The van der Waals surface area contributed by atoms with Gasteiger partial charge in [0.1, 0.15) is 0 Å². The molecule has 0 spiro atoms. The third-order valence-corrected chi connectivity index (χ3v) is 4.88. The molecule has 0 aliphatic carbocycles. The van der Waals surface area contributed by atoms with Crippen molar-refractivity contribution in [3.05, 3.63) is 54.1 Å². The van der Waals surface area contributed by atoms with Crippen LogP contribution in [-0.2, 0) is 9.31 Å². The van der Waals surface area contributed by atoms with Gasteiger partial charge in [-0.15, -0.1) is 0 Å². The summed E-state index contributed by atoms with van der Waals surface area (Å²) in [7, 11) is -0.296. The van der Waals surface area contributed by atoms with Crippen molar-refractivity contribution in [3.63, 3.8) is 0 Å². The van der Waals surface area contributed by atoms with Crippen molar-refractivity contribution in [3.8, 4) is 11.1 Å². The van der Waals surface area contributed by atoms with Crippen LogP contribution in [0.25, 0.3) is 11.1 Å². The SMILES string of the molecule is Cc1cc(-c2ccccc2)ccc1B1OC(C)(C)C(C)(C)O1. The first kappa shape index (κ1) is 15.3. The third-order valence-electron chi connectivity index (χ3n) is 4.88. The van der Waals surface area contributed by atoms with Crippen molar-refractivity contribution in [2.24, 2.45) is 0 Å². The smallest absolute Gasteiger partial charge is 0.399 e. The summed E-state index contributed by atoms with van der Waals surface area (Å²) in [5.74, 6) is 0. The standard InChI is InChI=1S/C19H23BO2/c1-14-13-16(15-9-7-6-8-10-15)11-12-17(14)20-21-18(2,3)19(4,5)22-20/h6-13H,1-5H3. The molecule has 0 amide bonds. The zero-order valence-electron chi connectivity index (χ0n) is 14.0. The Labute approximate surface area is 133 Å². The van der Waals surface area contributed by atoms with Gasteiger partial charge in [-0.1, -0.05) is 54.1 Å². The van der Waals surface area contributed by atoms with Crippen LogP contribution in [0.3, 0.4) is 0 Å². The molecule has 0 aromatic heterocycles. The molecule has 3 heteroatoms. The highest BCUT2D eigenvalue weighted by molar-refractivity contribution is 6.62. The van der Waals surface area contributed by atoms with Crippen LogP contribution in [0.4, 0.5) is 0 Å². The van der Waals surface area contributed by atoms with Crippen LogP contribution in [-0.4, -0.2) is 18.3 Å². The zero-order chi connectivity index (χ0) is 16.0. The third kappa shape index (κ3) is 2.60. The first-order valence-corrected chi connectivity index (χ1v) is 7.82. The van der Waals surface area contributed by atoms with E-state index in [0.717, 1.165) is 5.46 Å². The summed E-state index contributed by atoms with van der Waals surface area (Å²) in [6, 6.07) is 16.9. The Hall–Kier alpha value is -1.58. The molecule has 1 aliphatic heterocycles. The molecule has 2 aromatic carbocycles. The van der Waals surface area contributed by atoms with E-state index in [2.05, 4.69) is 77.1 Å². The normalized spacial score (nSPS) is 19.4. The van der Waals surface area contributed by atoms with E-state index in [1.807, 2.05) is 6.07 Å². The first-order valence-electron chi connectivity index (χ1n) is 7.82. The van der Waals surface area contributed by atoms with Crippen LogP contribution in [0.5, 0.6) is 0 Å². The second kappa shape index (κ2) is 5.25. The van der Waals surface area contributed by atoms with E-state index in [9.17, 15) is 0 Å². The summed E-state index contributed by atoms with van der Waals surface area (Å²) in [6.07, 6.45) is 0. The van der Waals surface area contributed by atoms with Crippen LogP contribution in [0.15, 0.2) is 48.5 Å². The molecule has 1 aliphatic rings. The molecule has 0 radical (unpaired) electrons. The van der Waals surface area contributed by atoms with Crippen LogP contribution in [0.2, 0.25) is 0 Å². The summed E-state index contributed by atoms with van der Waals surface area (Å²) in [6.45, 7) is 10.5. The average molecular weight is 294 g/mol. The molecule has 0 N–H and O–H groups in total. The minimum atomic E-state index is -0.303. The lowest BCUT2D eigenvalue weighted by molar-refractivity contribution is 0.00578. The maximum atomic E-state index is 6.15. The molecule has 1 fully saturated rings. The van der Waals surface area contributed by atoms with Crippen LogP contribution >= 0.6 is 0 Å². The predicted octanol–water partition coefficient (Wildman–Crippen LogP) is 3.96. The summed E-state index contributed by atoms with van der Waals surface area (Å²) >= 11 is 0. The Morgan fingerprint density at radius 3 is 1.91 bits per heavy atom. The molecule has 22 heavy (non-hydrogen) atoms. The van der Waals surface area contributed by atoms with E-state index in [-0.39, 0.29) is 18.3 Å². The van der Waals surface area contributed by atoms with E-state index in [1.165, 1.54) is 16.7 Å². The van der Waals surface area contributed by atoms with Crippen molar-refractivity contribution in [2.75, 3.05) is 0 Å². The predicted molar refractivity (Wildman–Crippen MR) is 92.3 cm³/mol. The fourth-order valence-corrected chi connectivity index (χ4v) is 2.72. The largest absolute Gasteiger partial charge is 0.495 e. The lowest BCUT2D eigenvalue weighted by atomic mass is 9.75. The Bertz CT molecular complexity index is 661. The van der Waals surface area contributed by atoms with Gasteiger partial charge >= 0.3 is 7.12 Å². The van der Waals surface area contributed by atoms with Gasteiger partial charge in [-0.3, -0.25) is 0 Å². The molecular formula is C19H23BO2. The van der Waals surface area contributed by atoms with Gasteiger partial charge in [0.15, 0.2) is 0 Å². The summed E-state index contributed by atoms with van der Waals surface area (Å²) in [5, 5.41) is 0. The molecule has 0 atom stereocenters. The second-order valence-corrected chi connectivity index (χ2v) is 7.03. The van der Waals surface area contributed by atoms with Gasteiger partial charge in [-0.2, -0.15) is 0 Å². The van der Waals surface area contributed by atoms with E-state index < -0.39 is 0 Å². The Kier molecular flexibility index (Phi) is 3.66. The van der Waals surface area contributed by atoms with E-state index in [4.69, 9.17) is 9.31 Å². The molecule has 3 rings (SSSR count). The average Bonchev–Trinajstić information content (AvgIpc) is 2.68. The summed E-state index contributed by atoms with van der Waals surface area (Å²) in [4.78, 5) is 0. The van der Waals surface area contributed by atoms with Crippen LogP contribution < -0.4 is 5.46 Å². The Balaban J connectivity index is 1.91. The molecule has 114 valence electrons. The molecule has 2 aromatic rings. The molecule has 1 saturated heterocycles. The first-order chi connectivity index (χ1) is 10.3. The number of aryl methyl sites for hydroxylation is 1. The molecule has 0 saturated carbocycles. The summed E-state index contributed by atoms with van der Waals surface area (Å²) < 4.78 is 12.3. The lowest BCUT2D eigenvalue weighted by Crippen LogP contribution is -2.41. The van der Waals surface area contributed by atoms with E-state index in [0.29, 0.717) is 0 Å². The Morgan fingerprint density at radius 2 is 1.36 bits per heavy atom. The maximum Gasteiger partial charge on any atom is 0.495 e. The van der Waals surface area contributed by atoms with Gasteiger partial charge in [0, 0.05) is 0 Å². The Morgan fingerprint density at radius 1 is 0.773 bits per heavy atom.